The van der Waals surface area contributed by atoms with Gasteiger partial charge in [0.1, 0.15) is 5.52 Å². The molecular weight excluding hydrogens is 268 g/mol. The van der Waals surface area contributed by atoms with Gasteiger partial charge in [0.05, 0.1) is 6.54 Å². The highest BCUT2D eigenvalue weighted by Crippen LogP contribution is 2.26. The molecule has 3 rings (SSSR count). The van der Waals surface area contributed by atoms with Gasteiger partial charge in [-0.15, -0.1) is 0 Å². The summed E-state index contributed by atoms with van der Waals surface area (Å²) in [5, 5.41) is 3.53. The summed E-state index contributed by atoms with van der Waals surface area (Å²) in [6, 6.07) is 6.93. The van der Waals surface area contributed by atoms with E-state index in [0.717, 1.165) is 23.5 Å². The molecule has 4 heteroatoms. The first-order valence-corrected chi connectivity index (χ1v) is 8.39. The van der Waals surface area contributed by atoms with Gasteiger partial charge in [0.2, 0.25) is 5.89 Å². The van der Waals surface area contributed by atoms with E-state index in [-0.39, 0.29) is 5.41 Å². The van der Waals surface area contributed by atoms with Crippen LogP contribution < -0.4 is 5.32 Å². The van der Waals surface area contributed by atoms with Crippen LogP contribution in [0.2, 0.25) is 0 Å². The van der Waals surface area contributed by atoms with E-state index >= 15 is 0 Å². The molecular formula is C16H22N2OS. The van der Waals surface area contributed by atoms with E-state index < -0.39 is 0 Å². The van der Waals surface area contributed by atoms with Crippen molar-refractivity contribution in [3.05, 3.63) is 29.7 Å². The zero-order chi connectivity index (χ0) is 14.2. The second kappa shape index (κ2) is 5.41. The SMILES string of the molecule is CC(C)(C)c1ccc2oc(CN[C@@H]3CCSC3)nc2c1. The second-order valence-corrected chi connectivity index (χ2v) is 7.63. The molecule has 1 aromatic heterocycles. The molecule has 0 radical (unpaired) electrons. The number of benzene rings is 1. The molecule has 1 N–H and O–H groups in total. The maximum atomic E-state index is 5.82. The van der Waals surface area contributed by atoms with E-state index in [9.17, 15) is 0 Å². The lowest BCUT2D eigenvalue weighted by Crippen LogP contribution is -2.28. The average Bonchev–Trinajstić information content (AvgIpc) is 3.03. The number of aromatic nitrogens is 1. The second-order valence-electron chi connectivity index (χ2n) is 6.48. The zero-order valence-electron chi connectivity index (χ0n) is 12.4. The highest BCUT2D eigenvalue weighted by Gasteiger charge is 2.17. The fourth-order valence-electron chi connectivity index (χ4n) is 2.44. The molecule has 0 spiro atoms. The molecule has 1 atom stereocenters. The Morgan fingerprint density at radius 2 is 2.25 bits per heavy atom. The lowest BCUT2D eigenvalue weighted by molar-refractivity contribution is 0.463. The third-order valence-electron chi connectivity index (χ3n) is 3.77. The Morgan fingerprint density at radius 3 is 2.95 bits per heavy atom. The Bertz CT molecular complexity index is 594. The normalized spacial score (nSPS) is 19.9. The number of rotatable bonds is 3. The Hall–Kier alpha value is -1.00. The predicted octanol–water partition coefficient (Wildman–Crippen LogP) is 3.72. The molecule has 1 fully saturated rings. The molecule has 1 aliphatic rings. The number of fused-ring (bicyclic) bond motifs is 1. The Morgan fingerprint density at radius 1 is 1.40 bits per heavy atom. The number of hydrogen-bond donors (Lipinski definition) is 1. The van der Waals surface area contributed by atoms with E-state index in [0.29, 0.717) is 6.04 Å². The largest absolute Gasteiger partial charge is 0.439 e. The minimum Gasteiger partial charge on any atom is -0.439 e. The summed E-state index contributed by atoms with van der Waals surface area (Å²) in [5.41, 5.74) is 3.29. The van der Waals surface area contributed by atoms with Gasteiger partial charge in [-0.25, -0.2) is 4.98 Å². The van der Waals surface area contributed by atoms with E-state index in [1.54, 1.807) is 0 Å². The number of nitrogens with zero attached hydrogens (tertiary/aromatic N) is 1. The number of hydrogen-bond acceptors (Lipinski definition) is 4. The van der Waals surface area contributed by atoms with Crippen LogP contribution in [0.3, 0.4) is 0 Å². The van der Waals surface area contributed by atoms with Crippen molar-refractivity contribution in [2.45, 2.75) is 45.2 Å². The van der Waals surface area contributed by atoms with Crippen molar-refractivity contribution in [3.63, 3.8) is 0 Å². The number of oxazole rings is 1. The molecule has 2 aromatic rings. The summed E-state index contributed by atoms with van der Waals surface area (Å²) in [6.45, 7) is 7.38. The van der Waals surface area contributed by atoms with Gasteiger partial charge in [-0.1, -0.05) is 26.8 Å². The van der Waals surface area contributed by atoms with Crippen LogP contribution in [0.5, 0.6) is 0 Å². The van der Waals surface area contributed by atoms with Crippen molar-refractivity contribution < 1.29 is 4.42 Å². The van der Waals surface area contributed by atoms with Crippen LogP contribution in [0.4, 0.5) is 0 Å². The van der Waals surface area contributed by atoms with Gasteiger partial charge in [0.15, 0.2) is 5.58 Å². The van der Waals surface area contributed by atoms with Crippen molar-refractivity contribution in [2.75, 3.05) is 11.5 Å². The lowest BCUT2D eigenvalue weighted by Gasteiger charge is -2.18. The highest BCUT2D eigenvalue weighted by atomic mass is 32.2. The first-order valence-electron chi connectivity index (χ1n) is 7.23. The minimum atomic E-state index is 0.145. The van der Waals surface area contributed by atoms with E-state index in [2.05, 4.69) is 43.2 Å². The monoisotopic (exact) mass is 290 g/mol. The van der Waals surface area contributed by atoms with E-state index in [1.165, 1.54) is 23.5 Å². The van der Waals surface area contributed by atoms with Crippen LogP contribution in [-0.4, -0.2) is 22.5 Å². The van der Waals surface area contributed by atoms with Gasteiger partial charge < -0.3 is 9.73 Å². The van der Waals surface area contributed by atoms with Crippen LogP contribution in [0.25, 0.3) is 11.1 Å². The van der Waals surface area contributed by atoms with Crippen molar-refractivity contribution in [2.24, 2.45) is 0 Å². The molecule has 0 unspecified atom stereocenters. The third kappa shape index (κ3) is 3.01. The maximum absolute atomic E-state index is 5.82. The first-order chi connectivity index (χ1) is 9.52. The summed E-state index contributed by atoms with van der Waals surface area (Å²) in [6.07, 6.45) is 1.25. The van der Waals surface area contributed by atoms with E-state index in [1.807, 2.05) is 17.8 Å². The molecule has 1 aliphatic heterocycles. The number of nitrogens with one attached hydrogen (secondary N) is 1. The quantitative estimate of drug-likeness (QED) is 0.935. The fraction of sp³-hybridized carbons (Fsp3) is 0.562. The van der Waals surface area contributed by atoms with Gasteiger partial charge in [0, 0.05) is 11.8 Å². The predicted molar refractivity (Wildman–Crippen MR) is 85.3 cm³/mol. The summed E-state index contributed by atoms with van der Waals surface area (Å²) in [7, 11) is 0. The van der Waals surface area contributed by atoms with Gasteiger partial charge in [-0.05, 0) is 35.3 Å². The van der Waals surface area contributed by atoms with Gasteiger partial charge in [-0.2, -0.15) is 11.8 Å². The average molecular weight is 290 g/mol. The Kier molecular flexibility index (Phi) is 3.78. The molecule has 0 bridgehead atoms. The molecule has 0 aliphatic carbocycles. The fourth-order valence-corrected chi connectivity index (χ4v) is 3.63. The smallest absolute Gasteiger partial charge is 0.209 e. The third-order valence-corrected chi connectivity index (χ3v) is 4.93. The summed E-state index contributed by atoms with van der Waals surface area (Å²) in [5.74, 6) is 3.26. The van der Waals surface area contributed by atoms with Crippen molar-refractivity contribution in [1.82, 2.24) is 10.3 Å². The molecule has 108 valence electrons. The standard InChI is InChI=1S/C16H22N2OS/c1-16(2,3)11-4-5-14-13(8-11)18-15(19-14)9-17-12-6-7-20-10-12/h4-5,8,12,17H,6-7,9-10H2,1-3H3/t12-/m1/s1. The Labute approximate surface area is 124 Å². The van der Waals surface area contributed by atoms with Crippen molar-refractivity contribution in [1.29, 1.82) is 0 Å². The summed E-state index contributed by atoms with van der Waals surface area (Å²) < 4.78 is 5.82. The zero-order valence-corrected chi connectivity index (χ0v) is 13.2. The molecule has 0 amide bonds. The van der Waals surface area contributed by atoms with Crippen LogP contribution >= 0.6 is 11.8 Å². The highest BCUT2D eigenvalue weighted by molar-refractivity contribution is 7.99. The minimum absolute atomic E-state index is 0.145. The molecule has 20 heavy (non-hydrogen) atoms. The van der Waals surface area contributed by atoms with Gasteiger partial charge >= 0.3 is 0 Å². The first kappa shape index (κ1) is 14.0. The van der Waals surface area contributed by atoms with E-state index in [4.69, 9.17) is 4.42 Å². The van der Waals surface area contributed by atoms with Gasteiger partial charge in [-0.3, -0.25) is 0 Å². The van der Waals surface area contributed by atoms with Crippen molar-refractivity contribution >= 4 is 22.9 Å². The van der Waals surface area contributed by atoms with Crippen LogP contribution in [0.1, 0.15) is 38.6 Å². The van der Waals surface area contributed by atoms with Crippen LogP contribution in [0.15, 0.2) is 22.6 Å². The molecule has 0 saturated carbocycles. The van der Waals surface area contributed by atoms with Crippen LogP contribution in [-0.2, 0) is 12.0 Å². The molecule has 3 nitrogen and oxygen atoms in total. The number of thioether (sulfide) groups is 1. The van der Waals surface area contributed by atoms with Gasteiger partial charge in [0.25, 0.3) is 0 Å². The topological polar surface area (TPSA) is 38.1 Å². The molecule has 2 heterocycles. The lowest BCUT2D eigenvalue weighted by atomic mass is 9.87. The molecule has 1 saturated heterocycles. The maximum Gasteiger partial charge on any atom is 0.209 e. The van der Waals surface area contributed by atoms with Crippen LogP contribution in [0, 0.1) is 0 Å². The van der Waals surface area contributed by atoms with Crippen molar-refractivity contribution in [3.8, 4) is 0 Å². The summed E-state index contributed by atoms with van der Waals surface area (Å²) >= 11 is 2.01. The Balaban J connectivity index is 1.76. The summed E-state index contributed by atoms with van der Waals surface area (Å²) in [4.78, 5) is 4.61. The molecule has 1 aromatic carbocycles.